The van der Waals surface area contributed by atoms with Crippen molar-refractivity contribution in [2.45, 2.75) is 32.6 Å². The quantitative estimate of drug-likeness (QED) is 0.819. The van der Waals surface area contributed by atoms with E-state index >= 15 is 0 Å². The fourth-order valence-corrected chi connectivity index (χ4v) is 1.86. The Morgan fingerprint density at radius 2 is 1.95 bits per heavy atom. The van der Waals surface area contributed by atoms with Gasteiger partial charge in [-0.2, -0.15) is 0 Å². The van der Waals surface area contributed by atoms with Gasteiger partial charge in [0.25, 0.3) is 0 Å². The summed E-state index contributed by atoms with van der Waals surface area (Å²) in [5, 5.41) is 8.55. The van der Waals surface area contributed by atoms with Gasteiger partial charge in [0.05, 0.1) is 6.42 Å². The molecule has 0 radical (unpaired) electrons. The van der Waals surface area contributed by atoms with Crippen LogP contribution in [-0.2, 0) is 22.4 Å². The van der Waals surface area contributed by atoms with E-state index in [-0.39, 0.29) is 12.3 Å². The van der Waals surface area contributed by atoms with Gasteiger partial charge < -0.3 is 10.0 Å². The number of amides is 1. The minimum atomic E-state index is -0.823. The number of carbonyl (C=O) groups is 2. The molecular formula is C15H21NO3. The van der Waals surface area contributed by atoms with Gasteiger partial charge in [-0.1, -0.05) is 31.2 Å². The number of rotatable bonds is 7. The van der Waals surface area contributed by atoms with Crippen LogP contribution in [0.3, 0.4) is 0 Å². The lowest BCUT2D eigenvalue weighted by atomic mass is 10.1. The van der Waals surface area contributed by atoms with Crippen molar-refractivity contribution in [3.05, 3.63) is 35.4 Å². The second kappa shape index (κ2) is 7.56. The van der Waals surface area contributed by atoms with Crippen molar-refractivity contribution < 1.29 is 14.7 Å². The van der Waals surface area contributed by atoms with Crippen LogP contribution in [-0.4, -0.2) is 35.5 Å². The third-order valence-corrected chi connectivity index (χ3v) is 3.06. The zero-order valence-corrected chi connectivity index (χ0v) is 11.6. The molecule has 1 aromatic carbocycles. The van der Waals surface area contributed by atoms with Crippen molar-refractivity contribution in [2.75, 3.05) is 13.6 Å². The number of carboxylic acids is 1. The van der Waals surface area contributed by atoms with Crippen molar-refractivity contribution in [1.82, 2.24) is 4.90 Å². The van der Waals surface area contributed by atoms with Crippen LogP contribution in [0.15, 0.2) is 24.3 Å². The van der Waals surface area contributed by atoms with Gasteiger partial charge in [-0.3, -0.25) is 9.59 Å². The molecule has 1 aromatic rings. The van der Waals surface area contributed by atoms with Crippen LogP contribution in [0, 0.1) is 0 Å². The molecule has 0 heterocycles. The van der Waals surface area contributed by atoms with Gasteiger partial charge in [0.15, 0.2) is 0 Å². The van der Waals surface area contributed by atoms with Crippen molar-refractivity contribution in [3.8, 4) is 0 Å². The predicted molar refractivity (Wildman–Crippen MR) is 74.0 cm³/mol. The number of aliphatic carboxylic acids is 1. The Morgan fingerprint density at radius 1 is 1.26 bits per heavy atom. The van der Waals surface area contributed by atoms with Crippen molar-refractivity contribution in [2.24, 2.45) is 0 Å². The van der Waals surface area contributed by atoms with E-state index in [1.165, 1.54) is 5.56 Å². The summed E-state index contributed by atoms with van der Waals surface area (Å²) in [6.45, 7) is 2.57. The molecule has 0 aliphatic rings. The highest BCUT2D eigenvalue weighted by Crippen LogP contribution is 2.08. The molecule has 1 amide bonds. The van der Waals surface area contributed by atoms with Crippen LogP contribution in [0.2, 0.25) is 0 Å². The zero-order chi connectivity index (χ0) is 14.3. The smallest absolute Gasteiger partial charge is 0.303 e. The van der Waals surface area contributed by atoms with Gasteiger partial charge in [-0.05, 0) is 24.0 Å². The van der Waals surface area contributed by atoms with Crippen molar-refractivity contribution in [1.29, 1.82) is 0 Å². The summed E-state index contributed by atoms with van der Waals surface area (Å²) >= 11 is 0. The lowest BCUT2D eigenvalue weighted by Gasteiger charge is -2.16. The molecule has 0 unspecified atom stereocenters. The van der Waals surface area contributed by atoms with Gasteiger partial charge in [-0.15, -0.1) is 0 Å². The van der Waals surface area contributed by atoms with Crippen LogP contribution in [0.4, 0.5) is 0 Å². The molecule has 0 fully saturated rings. The number of carboxylic acid groups (broad SMARTS) is 1. The fourth-order valence-electron chi connectivity index (χ4n) is 1.86. The summed E-state index contributed by atoms with van der Waals surface area (Å²) in [4.78, 5) is 24.0. The van der Waals surface area contributed by atoms with Crippen LogP contribution in [0.25, 0.3) is 0 Å². The minimum absolute atomic E-state index is 0.0265. The third kappa shape index (κ3) is 5.55. The van der Waals surface area contributed by atoms with Crippen LogP contribution in [0.1, 0.15) is 30.9 Å². The van der Waals surface area contributed by atoms with Crippen LogP contribution < -0.4 is 0 Å². The average molecular weight is 263 g/mol. The molecule has 0 bridgehead atoms. The summed E-state index contributed by atoms with van der Waals surface area (Å²) in [6, 6.07) is 8.00. The fraction of sp³-hybridized carbons (Fsp3) is 0.467. The molecular weight excluding hydrogens is 242 g/mol. The lowest BCUT2D eigenvalue weighted by molar-refractivity contribution is -0.138. The molecule has 0 atom stereocenters. The predicted octanol–water partition coefficient (Wildman–Crippen LogP) is 2.11. The van der Waals surface area contributed by atoms with E-state index in [1.807, 2.05) is 24.3 Å². The topological polar surface area (TPSA) is 57.6 Å². The molecule has 4 heteroatoms. The first kappa shape index (κ1) is 15.2. The molecule has 19 heavy (non-hydrogen) atoms. The Balaban J connectivity index is 2.46. The minimum Gasteiger partial charge on any atom is -0.481 e. The zero-order valence-electron chi connectivity index (χ0n) is 11.6. The normalized spacial score (nSPS) is 10.2. The first-order chi connectivity index (χ1) is 9.02. The molecule has 0 aliphatic heterocycles. The van der Waals surface area contributed by atoms with E-state index in [9.17, 15) is 9.59 Å². The van der Waals surface area contributed by atoms with Gasteiger partial charge in [-0.25, -0.2) is 0 Å². The molecule has 0 aromatic heterocycles. The van der Waals surface area contributed by atoms with Gasteiger partial charge in [0.2, 0.25) is 5.91 Å². The number of hydrogen-bond donors (Lipinski definition) is 1. The van der Waals surface area contributed by atoms with Crippen molar-refractivity contribution >= 4 is 11.9 Å². The lowest BCUT2D eigenvalue weighted by Crippen LogP contribution is -2.29. The Kier molecular flexibility index (Phi) is 6.06. The molecule has 104 valence electrons. The number of carbonyl (C=O) groups excluding carboxylic acids is 1. The van der Waals surface area contributed by atoms with Gasteiger partial charge in [0.1, 0.15) is 0 Å². The number of nitrogens with zero attached hydrogens (tertiary/aromatic N) is 1. The van der Waals surface area contributed by atoms with Gasteiger partial charge >= 0.3 is 5.97 Å². The summed E-state index contributed by atoms with van der Waals surface area (Å²) in [6.07, 6.45) is 1.92. The largest absolute Gasteiger partial charge is 0.481 e. The van der Waals surface area contributed by atoms with E-state index in [1.54, 1.807) is 11.9 Å². The first-order valence-corrected chi connectivity index (χ1v) is 6.56. The molecule has 0 spiro atoms. The van der Waals surface area contributed by atoms with E-state index in [2.05, 4.69) is 6.92 Å². The molecule has 0 aliphatic carbocycles. The number of likely N-dealkylation sites (N-methyl/N-ethyl adjacent to an activating group) is 1. The molecule has 1 N–H and O–H groups in total. The Morgan fingerprint density at radius 3 is 2.58 bits per heavy atom. The molecule has 4 nitrogen and oxygen atoms in total. The molecule has 0 saturated heterocycles. The SMILES string of the molecule is CCc1cccc(CC(=O)N(C)CCCC(=O)O)c1. The molecule has 1 rings (SSSR count). The number of benzene rings is 1. The Bertz CT molecular complexity index is 443. The van der Waals surface area contributed by atoms with E-state index in [0.29, 0.717) is 19.4 Å². The molecule has 0 saturated carbocycles. The number of aryl methyl sites for hydroxylation is 1. The highest BCUT2D eigenvalue weighted by molar-refractivity contribution is 5.78. The Hall–Kier alpha value is -1.84. The summed E-state index contributed by atoms with van der Waals surface area (Å²) in [7, 11) is 1.72. The van der Waals surface area contributed by atoms with Crippen LogP contribution >= 0.6 is 0 Å². The van der Waals surface area contributed by atoms with Crippen molar-refractivity contribution in [3.63, 3.8) is 0 Å². The first-order valence-electron chi connectivity index (χ1n) is 6.56. The van der Waals surface area contributed by atoms with Crippen LogP contribution in [0.5, 0.6) is 0 Å². The maximum Gasteiger partial charge on any atom is 0.303 e. The second-order valence-corrected chi connectivity index (χ2v) is 4.66. The summed E-state index contributed by atoms with van der Waals surface area (Å²) in [5.41, 5.74) is 2.23. The average Bonchev–Trinajstić information content (AvgIpc) is 2.38. The second-order valence-electron chi connectivity index (χ2n) is 4.66. The number of hydrogen-bond acceptors (Lipinski definition) is 2. The van der Waals surface area contributed by atoms with E-state index < -0.39 is 5.97 Å². The monoisotopic (exact) mass is 263 g/mol. The highest BCUT2D eigenvalue weighted by Gasteiger charge is 2.10. The highest BCUT2D eigenvalue weighted by atomic mass is 16.4. The van der Waals surface area contributed by atoms with E-state index in [0.717, 1.165) is 12.0 Å². The maximum atomic E-state index is 12.0. The third-order valence-electron chi connectivity index (χ3n) is 3.06. The summed E-state index contributed by atoms with van der Waals surface area (Å²) < 4.78 is 0. The Labute approximate surface area is 114 Å². The summed E-state index contributed by atoms with van der Waals surface area (Å²) in [5.74, 6) is -0.796. The maximum absolute atomic E-state index is 12.0. The standard InChI is InChI=1S/C15H21NO3/c1-3-12-6-4-7-13(10-12)11-14(17)16(2)9-5-8-15(18)19/h4,6-7,10H,3,5,8-9,11H2,1-2H3,(H,18,19). The van der Waals surface area contributed by atoms with Gasteiger partial charge in [0, 0.05) is 20.0 Å². The van der Waals surface area contributed by atoms with E-state index in [4.69, 9.17) is 5.11 Å².